The van der Waals surface area contributed by atoms with E-state index in [9.17, 15) is 5.11 Å². The van der Waals surface area contributed by atoms with E-state index in [4.69, 9.17) is 18.9 Å². The van der Waals surface area contributed by atoms with Gasteiger partial charge < -0.3 is 24.1 Å². The molecule has 1 atom stereocenters. The largest absolute Gasteiger partial charge is 0.493 e. The van der Waals surface area contributed by atoms with Crippen LogP contribution in [0.15, 0.2) is 12.1 Å². The molecule has 102 valence electrons. The fourth-order valence-electron chi connectivity index (χ4n) is 1.83. The first kappa shape index (κ1) is 14.8. The highest BCUT2D eigenvalue weighted by Gasteiger charge is 2.20. The van der Waals surface area contributed by atoms with E-state index < -0.39 is 12.4 Å². The molecule has 1 unspecified atom stereocenters. The molecule has 1 N–H and O–H groups in total. The molecule has 0 radical (unpaired) electrons. The Morgan fingerprint density at radius 2 is 1.33 bits per heavy atom. The third-order valence-corrected chi connectivity index (χ3v) is 2.72. The summed E-state index contributed by atoms with van der Waals surface area (Å²) in [6.45, 7) is 1.67. The molecule has 0 aliphatic carbocycles. The standard InChI is InChI=1S/C13H20O5/c1-8(14)9-6-11(15-2)12(16-3)7-10(9)13(17-4)18-5/h6-8,13-14H,1-5H3. The van der Waals surface area contributed by atoms with Crippen molar-refractivity contribution in [3.63, 3.8) is 0 Å². The Kier molecular flexibility index (Phi) is 5.40. The Hall–Kier alpha value is -1.30. The summed E-state index contributed by atoms with van der Waals surface area (Å²) in [4.78, 5) is 0. The lowest BCUT2D eigenvalue weighted by Gasteiger charge is -2.21. The molecule has 5 heteroatoms. The molecule has 0 heterocycles. The molecule has 0 bridgehead atoms. The van der Waals surface area contributed by atoms with E-state index in [0.717, 1.165) is 0 Å². The Labute approximate surface area is 107 Å². The van der Waals surface area contributed by atoms with Gasteiger partial charge in [-0.2, -0.15) is 0 Å². The molecule has 0 aromatic heterocycles. The zero-order valence-electron chi connectivity index (χ0n) is 11.4. The van der Waals surface area contributed by atoms with Gasteiger partial charge in [0.1, 0.15) is 0 Å². The van der Waals surface area contributed by atoms with Crippen molar-refractivity contribution >= 4 is 0 Å². The maximum absolute atomic E-state index is 9.82. The van der Waals surface area contributed by atoms with Crippen molar-refractivity contribution in [2.45, 2.75) is 19.3 Å². The number of benzene rings is 1. The first-order valence-electron chi connectivity index (χ1n) is 5.58. The van der Waals surface area contributed by atoms with Gasteiger partial charge in [0.15, 0.2) is 17.8 Å². The summed E-state index contributed by atoms with van der Waals surface area (Å²) in [6.07, 6.45) is -1.22. The summed E-state index contributed by atoms with van der Waals surface area (Å²) in [6, 6.07) is 3.47. The molecule has 0 saturated carbocycles. The minimum Gasteiger partial charge on any atom is -0.493 e. The van der Waals surface area contributed by atoms with Crippen LogP contribution in [0.1, 0.15) is 30.4 Å². The fourth-order valence-corrected chi connectivity index (χ4v) is 1.83. The van der Waals surface area contributed by atoms with Gasteiger partial charge in [-0.1, -0.05) is 0 Å². The number of rotatable bonds is 6. The smallest absolute Gasteiger partial charge is 0.183 e. The van der Waals surface area contributed by atoms with Crippen LogP contribution in [0.3, 0.4) is 0 Å². The number of hydrogen-bond acceptors (Lipinski definition) is 5. The minimum atomic E-state index is -0.660. The summed E-state index contributed by atoms with van der Waals surface area (Å²) in [5.74, 6) is 1.12. The molecule has 1 rings (SSSR count). The van der Waals surface area contributed by atoms with Crippen molar-refractivity contribution in [1.29, 1.82) is 0 Å². The van der Waals surface area contributed by atoms with Crippen molar-refractivity contribution < 1.29 is 24.1 Å². The highest BCUT2D eigenvalue weighted by molar-refractivity contribution is 5.48. The Balaban J connectivity index is 3.37. The van der Waals surface area contributed by atoms with Crippen LogP contribution in [-0.2, 0) is 9.47 Å². The second-order valence-corrected chi connectivity index (χ2v) is 3.82. The van der Waals surface area contributed by atoms with Crippen molar-refractivity contribution in [1.82, 2.24) is 0 Å². The SMILES string of the molecule is COc1cc(C(C)O)c(C(OC)OC)cc1OC. The van der Waals surface area contributed by atoms with Gasteiger partial charge in [-0.3, -0.25) is 0 Å². The number of methoxy groups -OCH3 is 4. The van der Waals surface area contributed by atoms with Crippen molar-refractivity contribution in [2.24, 2.45) is 0 Å². The van der Waals surface area contributed by atoms with E-state index in [-0.39, 0.29) is 0 Å². The lowest BCUT2D eigenvalue weighted by atomic mass is 10.0. The van der Waals surface area contributed by atoms with Crippen molar-refractivity contribution in [2.75, 3.05) is 28.4 Å². The highest BCUT2D eigenvalue weighted by atomic mass is 16.7. The number of aliphatic hydroxyl groups is 1. The van der Waals surface area contributed by atoms with E-state index in [1.165, 1.54) is 14.2 Å². The zero-order valence-corrected chi connectivity index (χ0v) is 11.4. The maximum Gasteiger partial charge on any atom is 0.183 e. The topological polar surface area (TPSA) is 57.2 Å². The van der Waals surface area contributed by atoms with E-state index in [1.54, 1.807) is 33.3 Å². The van der Waals surface area contributed by atoms with E-state index in [0.29, 0.717) is 22.6 Å². The normalized spacial score (nSPS) is 12.6. The van der Waals surface area contributed by atoms with Gasteiger partial charge in [0.25, 0.3) is 0 Å². The van der Waals surface area contributed by atoms with E-state index in [2.05, 4.69) is 0 Å². The van der Waals surface area contributed by atoms with Crippen LogP contribution in [0.4, 0.5) is 0 Å². The zero-order chi connectivity index (χ0) is 13.7. The Morgan fingerprint density at radius 1 is 0.889 bits per heavy atom. The van der Waals surface area contributed by atoms with Crippen LogP contribution in [0, 0.1) is 0 Å². The quantitative estimate of drug-likeness (QED) is 0.789. The van der Waals surface area contributed by atoms with Crippen molar-refractivity contribution in [3.8, 4) is 11.5 Å². The van der Waals surface area contributed by atoms with Crippen LogP contribution < -0.4 is 9.47 Å². The summed E-state index contributed by atoms with van der Waals surface area (Å²) in [5, 5.41) is 9.82. The Morgan fingerprint density at radius 3 is 1.67 bits per heavy atom. The Bertz CT molecular complexity index is 385. The van der Waals surface area contributed by atoms with Gasteiger partial charge in [0.2, 0.25) is 0 Å². The molecule has 0 aliphatic heterocycles. The molecule has 5 nitrogen and oxygen atoms in total. The predicted octanol–water partition coefficient (Wildman–Crippen LogP) is 2.05. The van der Waals surface area contributed by atoms with Crippen molar-refractivity contribution in [3.05, 3.63) is 23.3 Å². The number of ether oxygens (including phenoxy) is 4. The summed E-state index contributed by atoms with van der Waals surface area (Å²) < 4.78 is 20.9. The second kappa shape index (κ2) is 6.58. The van der Waals surface area contributed by atoms with Gasteiger partial charge >= 0.3 is 0 Å². The lowest BCUT2D eigenvalue weighted by molar-refractivity contribution is -0.107. The molecule has 18 heavy (non-hydrogen) atoms. The summed E-state index contributed by atoms with van der Waals surface area (Å²) >= 11 is 0. The first-order chi connectivity index (χ1) is 8.58. The monoisotopic (exact) mass is 256 g/mol. The molecule has 0 fully saturated rings. The highest BCUT2D eigenvalue weighted by Crippen LogP contribution is 2.36. The van der Waals surface area contributed by atoms with Crippen LogP contribution in [-0.4, -0.2) is 33.5 Å². The predicted molar refractivity (Wildman–Crippen MR) is 66.9 cm³/mol. The van der Waals surface area contributed by atoms with Gasteiger partial charge in [-0.25, -0.2) is 0 Å². The first-order valence-corrected chi connectivity index (χ1v) is 5.58. The molecule has 0 saturated heterocycles. The number of aliphatic hydroxyl groups excluding tert-OH is 1. The molecule has 0 aliphatic rings. The van der Waals surface area contributed by atoms with Gasteiger partial charge in [0.05, 0.1) is 20.3 Å². The second-order valence-electron chi connectivity index (χ2n) is 3.82. The third-order valence-electron chi connectivity index (χ3n) is 2.72. The summed E-state index contributed by atoms with van der Waals surface area (Å²) in [5.41, 5.74) is 1.40. The van der Waals surface area contributed by atoms with E-state index >= 15 is 0 Å². The van der Waals surface area contributed by atoms with Gasteiger partial charge in [0, 0.05) is 19.8 Å². The lowest BCUT2D eigenvalue weighted by Crippen LogP contribution is -2.10. The molecular weight excluding hydrogens is 236 g/mol. The third kappa shape index (κ3) is 2.93. The molecular formula is C13H20O5. The average molecular weight is 256 g/mol. The summed E-state index contributed by atoms with van der Waals surface area (Å²) in [7, 11) is 6.18. The van der Waals surface area contributed by atoms with E-state index in [1.807, 2.05) is 0 Å². The maximum atomic E-state index is 9.82. The average Bonchev–Trinajstić information content (AvgIpc) is 2.39. The minimum absolute atomic E-state index is 0.558. The van der Waals surface area contributed by atoms with Crippen LogP contribution in [0.5, 0.6) is 11.5 Å². The molecule has 1 aromatic rings. The van der Waals surface area contributed by atoms with Crippen LogP contribution in [0.25, 0.3) is 0 Å². The van der Waals surface area contributed by atoms with Crippen LogP contribution >= 0.6 is 0 Å². The van der Waals surface area contributed by atoms with Gasteiger partial charge in [-0.05, 0) is 24.6 Å². The molecule has 0 spiro atoms. The molecule has 0 amide bonds. The number of hydrogen-bond donors (Lipinski definition) is 1. The van der Waals surface area contributed by atoms with Gasteiger partial charge in [-0.15, -0.1) is 0 Å². The van der Waals surface area contributed by atoms with Crippen LogP contribution in [0.2, 0.25) is 0 Å². The molecule has 1 aromatic carbocycles. The fraction of sp³-hybridized carbons (Fsp3) is 0.538.